The third-order valence-electron chi connectivity index (χ3n) is 5.03. The molecule has 0 saturated heterocycles. The number of aromatic nitrogens is 2. The Morgan fingerprint density at radius 3 is 2.52 bits per heavy atom. The number of amides is 1. The molecule has 0 N–H and O–H groups in total. The van der Waals surface area contributed by atoms with Crippen molar-refractivity contribution < 1.29 is 9.53 Å². The standard InChI is InChI=1S/C24H23N3O3S/c1-3-27(18-8-6-5-7-9-18)21(28)14-26-16-25-23-22(24(26)29)20(15-31-23)17-10-12-19(13-11-17)30-4-2/h5-13,15-16H,3-4,14H2,1-2H3. The molecule has 2 aromatic heterocycles. The molecular weight excluding hydrogens is 410 g/mol. The molecule has 4 rings (SSSR count). The molecule has 4 aromatic rings. The minimum Gasteiger partial charge on any atom is -0.494 e. The van der Waals surface area contributed by atoms with Gasteiger partial charge < -0.3 is 9.64 Å². The van der Waals surface area contributed by atoms with Gasteiger partial charge in [-0.05, 0) is 43.7 Å². The summed E-state index contributed by atoms with van der Waals surface area (Å²) in [5, 5.41) is 2.47. The quantitative estimate of drug-likeness (QED) is 0.428. The molecule has 0 saturated carbocycles. The average molecular weight is 434 g/mol. The summed E-state index contributed by atoms with van der Waals surface area (Å²) in [6.07, 6.45) is 1.46. The van der Waals surface area contributed by atoms with E-state index < -0.39 is 0 Å². The van der Waals surface area contributed by atoms with Crippen molar-refractivity contribution >= 4 is 33.1 Å². The minimum absolute atomic E-state index is 0.0664. The number of ether oxygens (including phenoxy) is 1. The van der Waals surface area contributed by atoms with Crippen molar-refractivity contribution in [1.29, 1.82) is 0 Å². The molecule has 2 aromatic carbocycles. The first-order valence-corrected chi connectivity index (χ1v) is 11.1. The SMILES string of the molecule is CCOc1ccc(-c2csc3ncn(CC(=O)N(CC)c4ccccc4)c(=O)c23)cc1. The van der Waals surface area contributed by atoms with Crippen molar-refractivity contribution in [3.8, 4) is 16.9 Å². The van der Waals surface area contributed by atoms with Crippen molar-refractivity contribution in [2.24, 2.45) is 0 Å². The highest BCUT2D eigenvalue weighted by molar-refractivity contribution is 7.17. The predicted molar refractivity (Wildman–Crippen MR) is 125 cm³/mol. The summed E-state index contributed by atoms with van der Waals surface area (Å²) in [5.41, 5.74) is 2.32. The van der Waals surface area contributed by atoms with Crippen LogP contribution >= 0.6 is 11.3 Å². The lowest BCUT2D eigenvalue weighted by Crippen LogP contribution is -2.36. The molecule has 0 radical (unpaired) electrons. The molecule has 1 amide bonds. The van der Waals surface area contributed by atoms with E-state index in [1.807, 2.05) is 73.8 Å². The van der Waals surface area contributed by atoms with E-state index in [2.05, 4.69) is 4.98 Å². The molecule has 7 heteroatoms. The highest BCUT2D eigenvalue weighted by atomic mass is 32.1. The number of hydrogen-bond acceptors (Lipinski definition) is 5. The monoisotopic (exact) mass is 433 g/mol. The molecule has 2 heterocycles. The number of carbonyl (C=O) groups excluding carboxylic acids is 1. The number of fused-ring (bicyclic) bond motifs is 1. The van der Waals surface area contributed by atoms with Gasteiger partial charge in [0.1, 0.15) is 17.1 Å². The maximum absolute atomic E-state index is 13.3. The molecule has 6 nitrogen and oxygen atoms in total. The van der Waals surface area contributed by atoms with Crippen LogP contribution in [0.25, 0.3) is 21.3 Å². The highest BCUT2D eigenvalue weighted by Gasteiger charge is 2.18. The Labute approximate surface area is 184 Å². The molecule has 0 spiro atoms. The number of benzene rings is 2. The molecule has 0 aliphatic rings. The Morgan fingerprint density at radius 1 is 1.10 bits per heavy atom. The summed E-state index contributed by atoms with van der Waals surface area (Å²) in [6, 6.07) is 17.1. The van der Waals surface area contributed by atoms with Crippen LogP contribution in [0.15, 0.2) is 71.1 Å². The fraction of sp³-hybridized carbons (Fsp3) is 0.208. The first-order chi connectivity index (χ1) is 15.1. The smallest absolute Gasteiger partial charge is 0.263 e. The van der Waals surface area contributed by atoms with Gasteiger partial charge in [0, 0.05) is 23.2 Å². The lowest BCUT2D eigenvalue weighted by Gasteiger charge is -2.21. The first-order valence-electron chi connectivity index (χ1n) is 10.2. The number of rotatable bonds is 7. The van der Waals surface area contributed by atoms with Crippen molar-refractivity contribution in [3.63, 3.8) is 0 Å². The molecule has 0 aliphatic carbocycles. The highest BCUT2D eigenvalue weighted by Crippen LogP contribution is 2.31. The number of para-hydroxylation sites is 1. The van der Waals surface area contributed by atoms with E-state index in [4.69, 9.17) is 4.74 Å². The van der Waals surface area contributed by atoms with Crippen LogP contribution in [-0.4, -0.2) is 28.6 Å². The Kier molecular flexibility index (Phi) is 6.13. The van der Waals surface area contributed by atoms with Crippen LogP contribution in [0.1, 0.15) is 13.8 Å². The van der Waals surface area contributed by atoms with Gasteiger partial charge in [-0.1, -0.05) is 30.3 Å². The zero-order valence-electron chi connectivity index (χ0n) is 17.4. The molecule has 0 bridgehead atoms. The predicted octanol–water partition coefficient (Wildman–Crippen LogP) is 4.58. The summed E-state index contributed by atoms with van der Waals surface area (Å²) >= 11 is 1.42. The molecule has 0 aliphatic heterocycles. The topological polar surface area (TPSA) is 64.4 Å². The Hall–Kier alpha value is -3.45. The van der Waals surface area contributed by atoms with Crippen LogP contribution in [0.5, 0.6) is 5.75 Å². The van der Waals surface area contributed by atoms with Crippen LogP contribution in [0.3, 0.4) is 0 Å². The Balaban J connectivity index is 1.67. The van der Waals surface area contributed by atoms with Gasteiger partial charge in [0.15, 0.2) is 0 Å². The molecule has 0 atom stereocenters. The molecular formula is C24H23N3O3S. The second kappa shape index (κ2) is 9.14. The number of anilines is 1. The lowest BCUT2D eigenvalue weighted by molar-refractivity contribution is -0.119. The van der Waals surface area contributed by atoms with Gasteiger partial charge in [0.05, 0.1) is 18.3 Å². The van der Waals surface area contributed by atoms with E-state index in [0.717, 1.165) is 22.6 Å². The summed E-state index contributed by atoms with van der Waals surface area (Å²) in [5.74, 6) is 0.627. The van der Waals surface area contributed by atoms with Crippen LogP contribution in [0.2, 0.25) is 0 Å². The molecule has 158 valence electrons. The number of hydrogen-bond donors (Lipinski definition) is 0. The maximum Gasteiger partial charge on any atom is 0.263 e. The van der Waals surface area contributed by atoms with E-state index in [1.165, 1.54) is 22.2 Å². The summed E-state index contributed by atoms with van der Waals surface area (Å²) in [7, 11) is 0. The second-order valence-electron chi connectivity index (χ2n) is 6.94. The van der Waals surface area contributed by atoms with Crippen LogP contribution in [0, 0.1) is 0 Å². The minimum atomic E-state index is -0.215. The first kappa shape index (κ1) is 20.8. The fourth-order valence-corrected chi connectivity index (χ4v) is 4.44. The van der Waals surface area contributed by atoms with Crippen molar-refractivity contribution in [2.75, 3.05) is 18.1 Å². The van der Waals surface area contributed by atoms with Gasteiger partial charge in [0.25, 0.3) is 5.56 Å². The Morgan fingerprint density at radius 2 is 1.84 bits per heavy atom. The number of likely N-dealkylation sites (N-methyl/N-ethyl adjacent to an activating group) is 1. The van der Waals surface area contributed by atoms with Gasteiger partial charge in [-0.3, -0.25) is 14.2 Å². The third-order valence-corrected chi connectivity index (χ3v) is 5.91. The normalized spacial score (nSPS) is 10.9. The zero-order valence-corrected chi connectivity index (χ0v) is 18.3. The zero-order chi connectivity index (χ0) is 21.8. The number of thiophene rings is 1. The summed E-state index contributed by atoms with van der Waals surface area (Å²) < 4.78 is 6.89. The van der Waals surface area contributed by atoms with E-state index in [1.54, 1.807) is 4.90 Å². The maximum atomic E-state index is 13.3. The molecule has 31 heavy (non-hydrogen) atoms. The number of nitrogens with zero attached hydrogens (tertiary/aromatic N) is 3. The van der Waals surface area contributed by atoms with E-state index >= 15 is 0 Å². The van der Waals surface area contributed by atoms with Gasteiger partial charge >= 0.3 is 0 Å². The van der Waals surface area contributed by atoms with Gasteiger partial charge in [-0.15, -0.1) is 11.3 Å². The largest absolute Gasteiger partial charge is 0.494 e. The average Bonchev–Trinajstić information content (AvgIpc) is 3.23. The van der Waals surface area contributed by atoms with Crippen molar-refractivity contribution in [1.82, 2.24) is 9.55 Å². The second-order valence-corrected chi connectivity index (χ2v) is 7.80. The molecule has 0 unspecified atom stereocenters. The van der Waals surface area contributed by atoms with Gasteiger partial charge in [0.2, 0.25) is 5.91 Å². The molecule has 0 fully saturated rings. The lowest BCUT2D eigenvalue weighted by atomic mass is 10.1. The number of carbonyl (C=O) groups is 1. The fourth-order valence-electron chi connectivity index (χ4n) is 3.53. The van der Waals surface area contributed by atoms with Crippen molar-refractivity contribution in [3.05, 3.63) is 76.7 Å². The van der Waals surface area contributed by atoms with Crippen molar-refractivity contribution in [2.45, 2.75) is 20.4 Å². The summed E-state index contributed by atoms with van der Waals surface area (Å²) in [4.78, 5) is 33.0. The van der Waals surface area contributed by atoms with E-state index in [0.29, 0.717) is 23.4 Å². The Bertz CT molecular complexity index is 1250. The van der Waals surface area contributed by atoms with Gasteiger partial charge in [-0.2, -0.15) is 0 Å². The third kappa shape index (κ3) is 4.22. The van der Waals surface area contributed by atoms with Crippen LogP contribution in [-0.2, 0) is 11.3 Å². The summed E-state index contributed by atoms with van der Waals surface area (Å²) in [6.45, 7) is 4.90. The van der Waals surface area contributed by atoms with Crippen LogP contribution < -0.4 is 15.2 Å². The van der Waals surface area contributed by atoms with E-state index in [-0.39, 0.29) is 18.0 Å². The van der Waals surface area contributed by atoms with Crippen LogP contribution in [0.4, 0.5) is 5.69 Å². The van der Waals surface area contributed by atoms with Gasteiger partial charge in [-0.25, -0.2) is 4.98 Å². The van der Waals surface area contributed by atoms with E-state index in [9.17, 15) is 9.59 Å².